The maximum Gasteiger partial charge on any atom is 0.303 e. The molecule has 4 rings (SSSR count). The van der Waals surface area contributed by atoms with E-state index in [4.69, 9.17) is 47.4 Å². The van der Waals surface area contributed by atoms with Crippen molar-refractivity contribution >= 4 is 23.9 Å². The van der Waals surface area contributed by atoms with Crippen LogP contribution in [0.4, 0.5) is 0 Å². The minimum atomic E-state index is -1.77. The number of carbonyl (C=O) groups excluding carboxylic acids is 4. The molecule has 2 aromatic carbocycles. The van der Waals surface area contributed by atoms with Gasteiger partial charge in [-0.2, -0.15) is 0 Å². The fraction of sp³-hybridized carbons (Fsp3) is 0.556. The van der Waals surface area contributed by atoms with E-state index in [1.807, 2.05) is 60.7 Å². The summed E-state index contributed by atoms with van der Waals surface area (Å²) >= 11 is 0. The highest BCUT2D eigenvalue weighted by molar-refractivity contribution is 5.67. The number of benzene rings is 2. The largest absolute Gasteiger partial charge is 0.463 e. The van der Waals surface area contributed by atoms with Crippen molar-refractivity contribution < 1.29 is 71.7 Å². The Labute approximate surface area is 311 Å². The second-order valence-corrected chi connectivity index (χ2v) is 12.4. The van der Waals surface area contributed by atoms with Crippen LogP contribution in [-0.4, -0.2) is 117 Å². The highest BCUT2D eigenvalue weighted by Gasteiger charge is 2.55. The summed E-state index contributed by atoms with van der Waals surface area (Å²) in [6.07, 6.45) is -13.9. The van der Waals surface area contributed by atoms with E-state index in [1.165, 1.54) is 14.0 Å². The van der Waals surface area contributed by atoms with Crippen molar-refractivity contribution in [1.82, 2.24) is 0 Å². The van der Waals surface area contributed by atoms with Crippen LogP contribution >= 0.6 is 0 Å². The average Bonchev–Trinajstić information content (AvgIpc) is 3.14. The quantitative estimate of drug-likeness (QED) is 0.0804. The van der Waals surface area contributed by atoms with Crippen molar-refractivity contribution in [1.29, 1.82) is 0 Å². The molecule has 2 aliphatic rings. The monoisotopic (exact) mass is 759 g/mol. The Kier molecular flexibility index (Phi) is 16.1. The summed E-state index contributed by atoms with van der Waals surface area (Å²) in [5, 5.41) is 15.8. The average molecular weight is 760 g/mol. The topological polar surface area (TPSA) is 230 Å². The number of hydrogen-bond donors (Lipinski definition) is 1. The maximum atomic E-state index is 12.3. The predicted molar refractivity (Wildman–Crippen MR) is 183 cm³/mol. The fourth-order valence-corrected chi connectivity index (χ4v) is 6.02. The van der Waals surface area contributed by atoms with Crippen LogP contribution in [-0.2, 0) is 79.8 Å². The molecular formula is C36H45N3O15. The van der Waals surface area contributed by atoms with Crippen LogP contribution in [0.5, 0.6) is 0 Å². The van der Waals surface area contributed by atoms with Gasteiger partial charge in [-0.1, -0.05) is 65.8 Å². The van der Waals surface area contributed by atoms with Crippen LogP contribution < -0.4 is 0 Å². The second-order valence-electron chi connectivity index (χ2n) is 12.4. The molecule has 18 nitrogen and oxygen atoms in total. The third-order valence-electron chi connectivity index (χ3n) is 8.34. The van der Waals surface area contributed by atoms with E-state index in [0.29, 0.717) is 0 Å². The Morgan fingerprint density at radius 1 is 0.778 bits per heavy atom. The summed E-state index contributed by atoms with van der Waals surface area (Å²) in [5.41, 5.74) is 11.4. The van der Waals surface area contributed by atoms with Gasteiger partial charge in [0.1, 0.15) is 55.9 Å². The summed E-state index contributed by atoms with van der Waals surface area (Å²) < 4.78 is 58.2. The number of rotatable bonds is 17. The first-order chi connectivity index (χ1) is 25.9. The summed E-state index contributed by atoms with van der Waals surface area (Å²) in [6, 6.07) is 17.1. The number of hydrogen-bond acceptors (Lipinski definition) is 16. The molecule has 0 aliphatic carbocycles. The van der Waals surface area contributed by atoms with Crippen LogP contribution in [0.15, 0.2) is 65.8 Å². The molecule has 0 radical (unpaired) electrons. The molecular weight excluding hydrogens is 714 g/mol. The first-order valence-electron chi connectivity index (χ1n) is 17.1. The van der Waals surface area contributed by atoms with Gasteiger partial charge in [0.2, 0.25) is 0 Å². The third-order valence-corrected chi connectivity index (χ3v) is 8.34. The van der Waals surface area contributed by atoms with Crippen LogP contribution in [0.25, 0.3) is 10.4 Å². The molecule has 0 spiro atoms. The van der Waals surface area contributed by atoms with E-state index >= 15 is 0 Å². The maximum absolute atomic E-state index is 12.3. The van der Waals surface area contributed by atoms with Crippen LogP contribution in [0.3, 0.4) is 0 Å². The molecule has 2 saturated heterocycles. The smallest absolute Gasteiger partial charge is 0.303 e. The number of carbonyl (C=O) groups is 4. The van der Waals surface area contributed by atoms with Crippen molar-refractivity contribution in [2.75, 3.05) is 20.3 Å². The fourth-order valence-electron chi connectivity index (χ4n) is 6.02. The lowest BCUT2D eigenvalue weighted by Crippen LogP contribution is -2.66. The van der Waals surface area contributed by atoms with Crippen LogP contribution in [0.1, 0.15) is 38.8 Å². The van der Waals surface area contributed by atoms with Gasteiger partial charge in [0, 0.05) is 39.7 Å². The number of esters is 4. The Bertz CT molecular complexity index is 1580. The first-order valence-corrected chi connectivity index (χ1v) is 17.1. The second kappa shape index (κ2) is 20.7. The lowest BCUT2D eigenvalue weighted by molar-refractivity contribution is -0.359. The zero-order valence-electron chi connectivity index (χ0n) is 30.5. The number of nitrogens with zero attached hydrogens (tertiary/aromatic N) is 3. The molecule has 2 fully saturated rings. The minimum absolute atomic E-state index is 0.0348. The van der Waals surface area contributed by atoms with Gasteiger partial charge in [0.05, 0.1) is 13.2 Å². The summed E-state index contributed by atoms with van der Waals surface area (Å²) in [5.74, 6) is -2.93. The molecule has 0 bridgehead atoms. The van der Waals surface area contributed by atoms with E-state index in [1.54, 1.807) is 0 Å². The predicted octanol–water partition coefficient (Wildman–Crippen LogP) is 2.67. The van der Waals surface area contributed by atoms with Gasteiger partial charge >= 0.3 is 23.9 Å². The Morgan fingerprint density at radius 3 is 1.89 bits per heavy atom. The van der Waals surface area contributed by atoms with Gasteiger partial charge in [-0.25, -0.2) is 0 Å². The van der Waals surface area contributed by atoms with Gasteiger partial charge in [0.25, 0.3) is 0 Å². The van der Waals surface area contributed by atoms with E-state index in [0.717, 1.165) is 31.9 Å². The molecule has 0 aromatic heterocycles. The SMILES string of the molecule is CO[C@H]1O[C@H]([C@H](COC(C)=O)OC(C)=O)[C@@H](OC(C)=O)[C@H](O)[C@@H]1O[C@H]1O[C@H](COC(C)=O)[C@@H](OCc2ccccc2)[C@H](OCc2ccccc2)[C@H]1N=[N+]=[N-]. The summed E-state index contributed by atoms with van der Waals surface area (Å²) in [6.45, 7) is 3.81. The molecule has 0 unspecified atom stereocenters. The van der Waals surface area contributed by atoms with Crippen molar-refractivity contribution in [3.8, 4) is 0 Å². The molecule has 0 saturated carbocycles. The highest BCUT2D eigenvalue weighted by atomic mass is 16.8. The van der Waals surface area contributed by atoms with Crippen molar-refractivity contribution in [2.24, 2.45) is 5.11 Å². The van der Waals surface area contributed by atoms with Gasteiger partial charge in [-0.15, -0.1) is 0 Å². The Hall–Kier alpha value is -4.65. The van der Waals surface area contributed by atoms with Crippen LogP contribution in [0, 0.1) is 0 Å². The lowest BCUT2D eigenvalue weighted by atomic mass is 9.93. The normalized spacial score (nSPS) is 28.5. The van der Waals surface area contributed by atoms with Crippen molar-refractivity contribution in [2.45, 2.75) is 108 Å². The molecule has 18 heteroatoms. The summed E-state index contributed by atoms with van der Waals surface area (Å²) in [4.78, 5) is 51.0. The van der Waals surface area contributed by atoms with Crippen molar-refractivity contribution in [3.05, 3.63) is 82.2 Å². The van der Waals surface area contributed by atoms with Gasteiger partial charge < -0.3 is 52.5 Å². The Morgan fingerprint density at radius 2 is 1.37 bits per heavy atom. The number of aliphatic hydroxyl groups excluding tert-OH is 1. The lowest BCUT2D eigenvalue weighted by Gasteiger charge is -2.48. The molecule has 2 aromatic rings. The first kappa shape index (κ1) is 42.1. The molecule has 2 aliphatic heterocycles. The van der Waals surface area contributed by atoms with Gasteiger partial charge in [-0.3, -0.25) is 19.2 Å². The molecule has 11 atom stereocenters. The number of methoxy groups -OCH3 is 1. The Balaban J connectivity index is 1.71. The molecule has 54 heavy (non-hydrogen) atoms. The van der Waals surface area contributed by atoms with E-state index in [9.17, 15) is 29.8 Å². The molecule has 2 heterocycles. The molecule has 0 amide bonds. The standard InChI is InChI=1S/C36H45N3O15/c1-20(40)46-18-26-30(48-16-24-12-8-6-9-13-24)32(49-17-25-14-10-7-11-15-25)28(38-39-37)35(52-26)54-34-29(44)33(51-23(4)43)31(53-36(34)45-5)27(50-22(3)42)19-47-21(2)41/h6-15,26-36,44H,16-19H2,1-5H3/t26-,27+,28-,29+,30-,31-,32-,33+,34+,35-,36+/m1/s1. The van der Waals surface area contributed by atoms with E-state index < -0.39 is 97.9 Å². The summed E-state index contributed by atoms with van der Waals surface area (Å²) in [7, 11) is 1.24. The van der Waals surface area contributed by atoms with E-state index in [2.05, 4.69) is 10.0 Å². The molecule has 1 N–H and O–H groups in total. The number of aliphatic hydroxyl groups is 1. The third kappa shape index (κ3) is 11.9. The number of azide groups is 1. The number of ether oxygens (including phenoxy) is 10. The van der Waals surface area contributed by atoms with Gasteiger partial charge in [0.15, 0.2) is 24.8 Å². The van der Waals surface area contributed by atoms with E-state index in [-0.39, 0.29) is 19.8 Å². The zero-order valence-corrected chi connectivity index (χ0v) is 30.5. The minimum Gasteiger partial charge on any atom is -0.463 e. The molecule has 294 valence electrons. The van der Waals surface area contributed by atoms with Crippen LogP contribution in [0.2, 0.25) is 0 Å². The van der Waals surface area contributed by atoms with Gasteiger partial charge in [-0.05, 0) is 16.7 Å². The van der Waals surface area contributed by atoms with Crippen molar-refractivity contribution in [3.63, 3.8) is 0 Å². The highest BCUT2D eigenvalue weighted by Crippen LogP contribution is 2.36. The zero-order chi connectivity index (χ0) is 39.2.